The van der Waals surface area contributed by atoms with Crippen LogP contribution in [0.1, 0.15) is 28.8 Å². The third-order valence-electron chi connectivity index (χ3n) is 3.95. The van der Waals surface area contributed by atoms with Crippen molar-refractivity contribution in [3.63, 3.8) is 0 Å². The number of aromatic nitrogens is 2. The molecule has 0 bridgehead atoms. The highest BCUT2D eigenvalue weighted by atomic mass is 35.5. The summed E-state index contributed by atoms with van der Waals surface area (Å²) in [4.78, 5) is 22.2. The van der Waals surface area contributed by atoms with Gasteiger partial charge in [-0.15, -0.1) is 0 Å². The van der Waals surface area contributed by atoms with E-state index in [1.165, 1.54) is 18.5 Å². The molecule has 5 nitrogen and oxygen atoms in total. The number of carbonyl (C=O) groups excluding carboxylic acids is 1. The minimum Gasteiger partial charge on any atom is -0.458 e. The summed E-state index contributed by atoms with van der Waals surface area (Å²) in [6.07, 6.45) is 4.34. The Kier molecular flexibility index (Phi) is 4.94. The van der Waals surface area contributed by atoms with Gasteiger partial charge in [0, 0.05) is 12.1 Å². The summed E-state index contributed by atoms with van der Waals surface area (Å²) < 4.78 is 19.4. The molecule has 1 aliphatic heterocycles. The fraction of sp³-hybridized carbons (Fsp3) is 0.353. The number of piperidine rings is 1. The van der Waals surface area contributed by atoms with Crippen molar-refractivity contribution in [2.45, 2.75) is 25.9 Å². The number of hydrogen-bond donors (Lipinski definition) is 0. The summed E-state index contributed by atoms with van der Waals surface area (Å²) in [7, 11) is 0. The maximum absolute atomic E-state index is 13.7. The van der Waals surface area contributed by atoms with Crippen LogP contribution >= 0.6 is 11.6 Å². The fourth-order valence-corrected chi connectivity index (χ4v) is 2.74. The van der Waals surface area contributed by atoms with Crippen molar-refractivity contribution in [1.29, 1.82) is 0 Å². The highest BCUT2D eigenvalue weighted by Gasteiger charge is 2.26. The van der Waals surface area contributed by atoms with Crippen LogP contribution in [-0.4, -0.2) is 40.0 Å². The van der Waals surface area contributed by atoms with Gasteiger partial charge in [-0.3, -0.25) is 4.79 Å². The van der Waals surface area contributed by atoms with E-state index in [2.05, 4.69) is 9.97 Å². The van der Waals surface area contributed by atoms with E-state index >= 15 is 0 Å². The second kappa shape index (κ2) is 7.13. The lowest BCUT2D eigenvalue weighted by atomic mass is 10.1. The van der Waals surface area contributed by atoms with Crippen LogP contribution < -0.4 is 4.74 Å². The van der Waals surface area contributed by atoms with E-state index in [-0.39, 0.29) is 23.8 Å². The Morgan fingerprint density at radius 1 is 1.38 bits per heavy atom. The number of likely N-dealkylation sites (tertiary alicyclic amines) is 1. The molecular weight excluding hydrogens is 333 g/mol. The number of ether oxygens (including phenoxy) is 1. The molecule has 7 heteroatoms. The predicted molar refractivity (Wildman–Crippen MR) is 87.7 cm³/mol. The summed E-state index contributed by atoms with van der Waals surface area (Å²) in [5.74, 6) is -0.570. The highest BCUT2D eigenvalue weighted by molar-refractivity contribution is 6.30. The topological polar surface area (TPSA) is 55.3 Å². The van der Waals surface area contributed by atoms with Gasteiger partial charge in [0.2, 0.25) is 0 Å². The minimum atomic E-state index is -0.375. The number of hydrogen-bond acceptors (Lipinski definition) is 4. The molecule has 24 heavy (non-hydrogen) atoms. The van der Waals surface area contributed by atoms with Crippen molar-refractivity contribution in [2.75, 3.05) is 13.1 Å². The molecule has 1 aromatic heterocycles. The number of halogens is 2. The lowest BCUT2D eigenvalue weighted by molar-refractivity contribution is 0.0515. The first-order valence-corrected chi connectivity index (χ1v) is 8.10. The zero-order chi connectivity index (χ0) is 17.1. The Labute approximate surface area is 144 Å². The van der Waals surface area contributed by atoms with Crippen molar-refractivity contribution in [1.82, 2.24) is 14.9 Å². The predicted octanol–water partition coefficient (Wildman–Crippen LogP) is 3.26. The summed E-state index contributed by atoms with van der Waals surface area (Å²) in [5.41, 5.74) is 0.868. The maximum atomic E-state index is 13.7. The minimum absolute atomic E-state index is 0.195. The lowest BCUT2D eigenvalue weighted by Crippen LogP contribution is -2.44. The van der Waals surface area contributed by atoms with Crippen molar-refractivity contribution in [3.05, 3.63) is 52.6 Å². The first kappa shape index (κ1) is 16.6. The Balaban J connectivity index is 1.67. The van der Waals surface area contributed by atoms with Crippen LogP contribution in [0.5, 0.6) is 6.01 Å². The quantitative estimate of drug-likeness (QED) is 0.853. The third kappa shape index (κ3) is 3.82. The van der Waals surface area contributed by atoms with Gasteiger partial charge in [-0.1, -0.05) is 17.7 Å². The van der Waals surface area contributed by atoms with Crippen LogP contribution in [0.3, 0.4) is 0 Å². The average molecular weight is 350 g/mol. The van der Waals surface area contributed by atoms with Crippen LogP contribution in [0.4, 0.5) is 4.39 Å². The molecule has 3 rings (SSSR count). The number of rotatable bonds is 3. The van der Waals surface area contributed by atoms with Crippen molar-refractivity contribution >= 4 is 17.5 Å². The molecule has 0 N–H and O–H groups in total. The summed E-state index contributed by atoms with van der Waals surface area (Å²) >= 11 is 5.75. The van der Waals surface area contributed by atoms with E-state index in [0.29, 0.717) is 29.2 Å². The van der Waals surface area contributed by atoms with Crippen LogP contribution in [0.25, 0.3) is 0 Å². The number of carbonyl (C=O) groups is 1. The fourth-order valence-electron chi connectivity index (χ4n) is 2.64. The zero-order valence-electron chi connectivity index (χ0n) is 13.2. The Bertz CT molecular complexity index is 739. The molecule has 0 saturated carbocycles. The van der Waals surface area contributed by atoms with Gasteiger partial charge in [-0.25, -0.2) is 14.4 Å². The Hall–Kier alpha value is -2.21. The van der Waals surface area contributed by atoms with Gasteiger partial charge in [-0.05, 0) is 37.5 Å². The lowest BCUT2D eigenvalue weighted by Gasteiger charge is -2.32. The van der Waals surface area contributed by atoms with E-state index < -0.39 is 0 Å². The number of benzene rings is 1. The monoisotopic (exact) mass is 349 g/mol. The van der Waals surface area contributed by atoms with Crippen LogP contribution in [0.15, 0.2) is 30.6 Å². The van der Waals surface area contributed by atoms with Gasteiger partial charge in [0.15, 0.2) is 0 Å². The van der Waals surface area contributed by atoms with Crippen LogP contribution in [0, 0.1) is 12.7 Å². The van der Waals surface area contributed by atoms with Crippen molar-refractivity contribution in [2.24, 2.45) is 0 Å². The van der Waals surface area contributed by atoms with Gasteiger partial charge in [0.1, 0.15) is 11.9 Å². The van der Waals surface area contributed by atoms with E-state index in [0.717, 1.165) is 12.8 Å². The Morgan fingerprint density at radius 2 is 2.12 bits per heavy atom. The van der Waals surface area contributed by atoms with E-state index in [9.17, 15) is 9.18 Å². The summed E-state index contributed by atoms with van der Waals surface area (Å²) in [6, 6.07) is 4.78. The zero-order valence-corrected chi connectivity index (χ0v) is 14.0. The molecule has 0 radical (unpaired) electrons. The van der Waals surface area contributed by atoms with E-state index in [1.54, 1.807) is 24.0 Å². The molecule has 0 aliphatic carbocycles. The maximum Gasteiger partial charge on any atom is 0.316 e. The van der Waals surface area contributed by atoms with Crippen LogP contribution in [-0.2, 0) is 0 Å². The molecule has 2 aromatic rings. The second-order valence-electron chi connectivity index (χ2n) is 5.78. The standard InChI is InChI=1S/C17H17ClFN3O2/c1-11-4-5-12(7-15(11)19)16(23)22-6-2-3-14(10-22)24-17-20-8-13(18)9-21-17/h4-5,7-9,14H,2-3,6,10H2,1H3. The number of aryl methyl sites for hydroxylation is 1. The van der Waals surface area contributed by atoms with E-state index in [4.69, 9.17) is 16.3 Å². The SMILES string of the molecule is Cc1ccc(C(=O)N2CCCC(Oc3ncc(Cl)cn3)C2)cc1F. The van der Waals surface area contributed by atoms with Gasteiger partial charge >= 0.3 is 6.01 Å². The Morgan fingerprint density at radius 3 is 2.83 bits per heavy atom. The molecule has 1 saturated heterocycles. The molecule has 1 aliphatic rings. The first-order valence-electron chi connectivity index (χ1n) is 7.72. The second-order valence-corrected chi connectivity index (χ2v) is 6.22. The average Bonchev–Trinajstić information content (AvgIpc) is 2.59. The molecule has 126 valence electrons. The van der Waals surface area contributed by atoms with Crippen LogP contribution in [0.2, 0.25) is 5.02 Å². The third-order valence-corrected chi connectivity index (χ3v) is 4.15. The van der Waals surface area contributed by atoms with Gasteiger partial charge < -0.3 is 9.64 Å². The van der Waals surface area contributed by atoms with Gasteiger partial charge in [-0.2, -0.15) is 0 Å². The van der Waals surface area contributed by atoms with Gasteiger partial charge in [0.05, 0.1) is 24.0 Å². The molecule has 2 heterocycles. The molecule has 1 unspecified atom stereocenters. The molecule has 1 fully saturated rings. The molecule has 0 spiro atoms. The smallest absolute Gasteiger partial charge is 0.316 e. The normalized spacial score (nSPS) is 17.6. The molecule has 1 aromatic carbocycles. The molecular formula is C17H17ClFN3O2. The van der Waals surface area contributed by atoms with Gasteiger partial charge in [0.25, 0.3) is 5.91 Å². The first-order chi connectivity index (χ1) is 11.5. The molecule has 1 atom stereocenters. The number of nitrogens with zero attached hydrogens (tertiary/aromatic N) is 3. The largest absolute Gasteiger partial charge is 0.458 e. The highest BCUT2D eigenvalue weighted by Crippen LogP contribution is 2.19. The summed E-state index contributed by atoms with van der Waals surface area (Å²) in [6.45, 7) is 2.70. The number of amides is 1. The summed E-state index contributed by atoms with van der Waals surface area (Å²) in [5, 5.41) is 0.434. The van der Waals surface area contributed by atoms with Crippen molar-refractivity contribution in [3.8, 4) is 6.01 Å². The van der Waals surface area contributed by atoms with E-state index in [1.807, 2.05) is 0 Å². The molecule has 1 amide bonds. The van der Waals surface area contributed by atoms with Crippen molar-refractivity contribution < 1.29 is 13.9 Å².